The minimum atomic E-state index is 0.0178. The molecule has 0 spiro atoms. The van der Waals surface area contributed by atoms with E-state index in [0.717, 1.165) is 29.2 Å². The van der Waals surface area contributed by atoms with E-state index in [1.54, 1.807) is 4.90 Å². The Labute approximate surface area is 216 Å². The number of hydrogen-bond donors (Lipinski definition) is 0. The van der Waals surface area contributed by atoms with Crippen molar-refractivity contribution in [3.63, 3.8) is 0 Å². The lowest BCUT2D eigenvalue weighted by atomic mass is 10.1. The first-order valence-electron chi connectivity index (χ1n) is 10.1. The fourth-order valence-electron chi connectivity index (χ4n) is 3.16. The molecule has 1 aliphatic heterocycles. The summed E-state index contributed by atoms with van der Waals surface area (Å²) < 4.78 is 8.18. The summed E-state index contributed by atoms with van der Waals surface area (Å²) in [6.45, 7) is 10.7. The van der Waals surface area contributed by atoms with Crippen molar-refractivity contribution in [2.75, 3.05) is 0 Å². The maximum atomic E-state index is 13.0. The molecule has 0 bridgehead atoms. The van der Waals surface area contributed by atoms with Crippen LogP contribution in [0.15, 0.2) is 46.3 Å². The quantitative estimate of drug-likeness (QED) is 0.251. The highest BCUT2D eigenvalue weighted by molar-refractivity contribution is 14.1. The van der Waals surface area contributed by atoms with Crippen LogP contribution in [0.4, 0.5) is 0 Å². The number of rotatable bonds is 6. The summed E-state index contributed by atoms with van der Waals surface area (Å²) in [5, 5.41) is 0.781. The number of hydrogen-bond acceptors (Lipinski definition) is 4. The van der Waals surface area contributed by atoms with E-state index in [1.165, 1.54) is 17.3 Å². The van der Waals surface area contributed by atoms with Crippen LogP contribution < -0.4 is 4.74 Å². The Morgan fingerprint density at radius 3 is 2.39 bits per heavy atom. The van der Waals surface area contributed by atoms with Crippen molar-refractivity contribution < 1.29 is 9.53 Å². The SMILES string of the molecule is Cc1cccc(COc2c(I)cc(/C=C3/SC(=NC(C)C)N(C(C)C)C3=O)cc2I)c1. The first-order chi connectivity index (χ1) is 14.7. The van der Waals surface area contributed by atoms with Crippen molar-refractivity contribution in [3.8, 4) is 5.75 Å². The molecule has 2 aromatic carbocycles. The second-order valence-corrected chi connectivity index (χ2v) is 11.3. The van der Waals surface area contributed by atoms with Crippen molar-refractivity contribution in [1.29, 1.82) is 0 Å². The van der Waals surface area contributed by atoms with Crippen LogP contribution in [-0.2, 0) is 11.4 Å². The van der Waals surface area contributed by atoms with Gasteiger partial charge < -0.3 is 4.74 Å². The lowest BCUT2D eigenvalue weighted by molar-refractivity contribution is -0.123. The number of nitrogens with zero attached hydrogens (tertiary/aromatic N) is 2. The predicted octanol–water partition coefficient (Wildman–Crippen LogP) is 6.87. The fraction of sp³-hybridized carbons (Fsp3) is 0.333. The normalized spacial score (nSPS) is 16.9. The van der Waals surface area contributed by atoms with Gasteiger partial charge in [-0.05, 0) is 121 Å². The molecule has 1 amide bonds. The molecule has 164 valence electrons. The van der Waals surface area contributed by atoms with Crippen molar-refractivity contribution >= 4 is 74.1 Å². The molecule has 3 rings (SSSR count). The summed E-state index contributed by atoms with van der Waals surface area (Å²) in [7, 11) is 0. The van der Waals surface area contributed by atoms with Crippen LogP contribution in [0, 0.1) is 14.1 Å². The Morgan fingerprint density at radius 2 is 1.81 bits per heavy atom. The van der Waals surface area contributed by atoms with E-state index in [-0.39, 0.29) is 18.0 Å². The maximum absolute atomic E-state index is 13.0. The highest BCUT2D eigenvalue weighted by Crippen LogP contribution is 2.36. The Hall–Kier alpha value is -1.07. The van der Waals surface area contributed by atoms with Crippen molar-refractivity contribution in [3.05, 3.63) is 65.1 Å². The van der Waals surface area contributed by atoms with Gasteiger partial charge in [-0.25, -0.2) is 0 Å². The average molecular weight is 660 g/mol. The lowest BCUT2D eigenvalue weighted by Gasteiger charge is -2.20. The van der Waals surface area contributed by atoms with Gasteiger partial charge in [-0.15, -0.1) is 0 Å². The summed E-state index contributed by atoms with van der Waals surface area (Å²) in [4.78, 5) is 20.1. The molecule has 0 radical (unpaired) electrons. The third kappa shape index (κ3) is 6.25. The molecule has 0 unspecified atom stereocenters. The molecule has 31 heavy (non-hydrogen) atoms. The van der Waals surface area contributed by atoms with Gasteiger partial charge in [0.1, 0.15) is 12.4 Å². The molecule has 4 nitrogen and oxygen atoms in total. The van der Waals surface area contributed by atoms with Crippen molar-refractivity contribution in [2.24, 2.45) is 4.99 Å². The molecule has 1 aliphatic rings. The topological polar surface area (TPSA) is 41.9 Å². The zero-order valence-corrected chi connectivity index (χ0v) is 23.4. The van der Waals surface area contributed by atoms with Gasteiger partial charge in [0.15, 0.2) is 5.17 Å². The summed E-state index contributed by atoms with van der Waals surface area (Å²) >= 11 is 6.06. The number of carbonyl (C=O) groups is 1. The predicted molar refractivity (Wildman–Crippen MR) is 148 cm³/mol. The number of amidine groups is 1. The second-order valence-electron chi connectivity index (χ2n) is 7.98. The number of ether oxygens (including phenoxy) is 1. The highest BCUT2D eigenvalue weighted by Gasteiger charge is 2.35. The van der Waals surface area contributed by atoms with Crippen LogP contribution in [0.3, 0.4) is 0 Å². The van der Waals surface area contributed by atoms with E-state index in [1.807, 2.05) is 39.8 Å². The van der Waals surface area contributed by atoms with Gasteiger partial charge in [-0.3, -0.25) is 14.7 Å². The van der Waals surface area contributed by atoms with Crippen LogP contribution in [0.25, 0.3) is 6.08 Å². The molecular weight excluding hydrogens is 634 g/mol. The lowest BCUT2D eigenvalue weighted by Crippen LogP contribution is -2.35. The molecule has 0 N–H and O–H groups in total. The zero-order valence-electron chi connectivity index (χ0n) is 18.3. The summed E-state index contributed by atoms with van der Waals surface area (Å²) in [6.07, 6.45) is 1.96. The molecule has 0 atom stereocenters. The van der Waals surface area contributed by atoms with Crippen LogP contribution in [0.1, 0.15) is 44.4 Å². The smallest absolute Gasteiger partial charge is 0.266 e. The Kier molecular flexibility index (Phi) is 8.48. The summed E-state index contributed by atoms with van der Waals surface area (Å²) in [5.41, 5.74) is 3.36. The van der Waals surface area contributed by atoms with Gasteiger partial charge in [-0.1, -0.05) is 29.8 Å². The number of benzene rings is 2. The molecule has 7 heteroatoms. The molecule has 1 saturated heterocycles. The largest absolute Gasteiger partial charge is 0.487 e. The van der Waals surface area contributed by atoms with Gasteiger partial charge >= 0.3 is 0 Å². The van der Waals surface area contributed by atoms with Crippen LogP contribution in [-0.4, -0.2) is 28.1 Å². The van der Waals surface area contributed by atoms with E-state index < -0.39 is 0 Å². The Morgan fingerprint density at radius 1 is 1.13 bits per heavy atom. The van der Waals surface area contributed by atoms with E-state index >= 15 is 0 Å². The average Bonchev–Trinajstić information content (AvgIpc) is 2.95. The third-order valence-corrected chi connectivity index (χ3v) is 7.11. The van der Waals surface area contributed by atoms with Crippen molar-refractivity contribution in [1.82, 2.24) is 4.90 Å². The van der Waals surface area contributed by atoms with Crippen LogP contribution >= 0.6 is 56.9 Å². The number of amides is 1. The van der Waals surface area contributed by atoms with Gasteiger partial charge in [-0.2, -0.15) is 0 Å². The zero-order chi connectivity index (χ0) is 22.7. The number of carbonyl (C=O) groups excluding carboxylic acids is 1. The molecule has 0 aliphatic carbocycles. The molecule has 0 aromatic heterocycles. The summed E-state index contributed by atoms with van der Waals surface area (Å²) in [5.74, 6) is 0.894. The number of aryl methyl sites for hydroxylation is 1. The van der Waals surface area contributed by atoms with Crippen LogP contribution in [0.2, 0.25) is 0 Å². The first kappa shape index (κ1) is 24.6. The van der Waals surface area contributed by atoms with Crippen LogP contribution in [0.5, 0.6) is 5.75 Å². The van der Waals surface area contributed by atoms with E-state index in [9.17, 15) is 4.79 Å². The van der Waals surface area contributed by atoms with Gasteiger partial charge in [0, 0.05) is 12.1 Å². The van der Waals surface area contributed by atoms with E-state index in [0.29, 0.717) is 11.5 Å². The molecule has 1 fully saturated rings. The fourth-order valence-corrected chi connectivity index (χ4v) is 6.52. The Balaban J connectivity index is 1.84. The maximum Gasteiger partial charge on any atom is 0.266 e. The monoisotopic (exact) mass is 660 g/mol. The number of halogens is 2. The highest BCUT2D eigenvalue weighted by atomic mass is 127. The Bertz CT molecular complexity index is 1020. The number of aliphatic imine (C=N–C) groups is 1. The molecule has 2 aromatic rings. The van der Waals surface area contributed by atoms with E-state index in [4.69, 9.17) is 4.74 Å². The summed E-state index contributed by atoms with van der Waals surface area (Å²) in [6, 6.07) is 12.7. The molecular formula is C24H26I2N2O2S. The third-order valence-electron chi connectivity index (χ3n) is 4.51. The molecule has 0 saturated carbocycles. The van der Waals surface area contributed by atoms with E-state index in [2.05, 4.69) is 87.4 Å². The van der Waals surface area contributed by atoms with Gasteiger partial charge in [0.05, 0.1) is 12.0 Å². The van der Waals surface area contributed by atoms with Crippen molar-refractivity contribution in [2.45, 2.75) is 53.3 Å². The molecule has 1 heterocycles. The first-order valence-corrected chi connectivity index (χ1v) is 13.1. The van der Waals surface area contributed by atoms with Gasteiger partial charge in [0.25, 0.3) is 5.91 Å². The standard InChI is InChI=1S/C24H26I2N2O2S/c1-14(2)27-24-28(15(3)4)23(29)21(31-24)12-18-10-19(25)22(20(26)11-18)30-13-17-8-6-7-16(5)9-17/h6-12,14-15H,13H2,1-5H3/b21-12+,27-24?. The minimum absolute atomic E-state index is 0.0178. The second kappa shape index (κ2) is 10.7. The minimum Gasteiger partial charge on any atom is -0.487 e. The van der Waals surface area contributed by atoms with Gasteiger partial charge in [0.2, 0.25) is 0 Å². The number of thioether (sulfide) groups is 1.